The van der Waals surface area contributed by atoms with Gasteiger partial charge in [0.1, 0.15) is 5.75 Å². The van der Waals surface area contributed by atoms with Crippen molar-refractivity contribution in [3.05, 3.63) is 95.5 Å². The summed E-state index contributed by atoms with van der Waals surface area (Å²) in [7, 11) is 1.69. The van der Waals surface area contributed by atoms with Crippen LogP contribution in [0.2, 0.25) is 5.02 Å². The Hall–Kier alpha value is -3.83. The van der Waals surface area contributed by atoms with Gasteiger partial charge in [0.25, 0.3) is 0 Å². The fourth-order valence-electron chi connectivity index (χ4n) is 4.07. The number of benzene rings is 2. The monoisotopic (exact) mass is 454 g/mol. The van der Waals surface area contributed by atoms with Gasteiger partial charge in [-0.05, 0) is 61.9 Å². The summed E-state index contributed by atoms with van der Waals surface area (Å²) in [6, 6.07) is 21.9. The minimum absolute atomic E-state index is 0.685. The minimum atomic E-state index is 0.685. The van der Waals surface area contributed by atoms with E-state index in [4.69, 9.17) is 21.3 Å². The Morgan fingerprint density at radius 2 is 1.79 bits per heavy atom. The number of pyridine rings is 2. The molecule has 0 atom stereocenters. The number of ether oxygens (including phenoxy) is 1. The maximum Gasteiger partial charge on any atom is 0.161 e. The number of rotatable bonds is 5. The molecular formula is C27H23ClN4O. The first-order valence-corrected chi connectivity index (χ1v) is 11.0. The van der Waals surface area contributed by atoms with Gasteiger partial charge in [0.05, 0.1) is 23.5 Å². The molecule has 2 aromatic carbocycles. The summed E-state index contributed by atoms with van der Waals surface area (Å²) < 4.78 is 7.78. The number of nitrogens with one attached hydrogen (secondary N) is 1. The molecule has 6 heteroatoms. The quantitative estimate of drug-likeness (QED) is 0.308. The first-order valence-electron chi connectivity index (χ1n) is 10.7. The Morgan fingerprint density at radius 3 is 2.58 bits per heavy atom. The summed E-state index contributed by atoms with van der Waals surface area (Å²) in [5, 5.41) is 4.20. The Morgan fingerprint density at radius 1 is 0.939 bits per heavy atom. The van der Waals surface area contributed by atoms with Gasteiger partial charge in [-0.1, -0.05) is 29.8 Å². The van der Waals surface area contributed by atoms with Crippen molar-refractivity contribution in [2.24, 2.45) is 0 Å². The predicted molar refractivity (Wildman–Crippen MR) is 135 cm³/mol. The number of anilines is 2. The highest BCUT2D eigenvalue weighted by Crippen LogP contribution is 2.35. The number of halogens is 1. The maximum atomic E-state index is 6.45. The van der Waals surface area contributed by atoms with Gasteiger partial charge in [-0.3, -0.25) is 4.98 Å². The lowest BCUT2D eigenvalue weighted by Crippen LogP contribution is -1.97. The van der Waals surface area contributed by atoms with Crippen molar-refractivity contribution < 1.29 is 4.74 Å². The fourth-order valence-corrected chi connectivity index (χ4v) is 4.29. The number of nitrogens with zero attached hydrogens (tertiary/aromatic N) is 3. The molecule has 1 N–H and O–H groups in total. The van der Waals surface area contributed by atoms with E-state index >= 15 is 0 Å². The van der Waals surface area contributed by atoms with Crippen molar-refractivity contribution in [3.8, 4) is 28.1 Å². The summed E-state index contributed by atoms with van der Waals surface area (Å²) in [6.07, 6.45) is 3.83. The van der Waals surface area contributed by atoms with Crippen LogP contribution in [0.5, 0.6) is 5.75 Å². The van der Waals surface area contributed by atoms with Gasteiger partial charge in [-0.15, -0.1) is 0 Å². The summed E-state index contributed by atoms with van der Waals surface area (Å²) in [5.41, 5.74) is 8.52. The van der Waals surface area contributed by atoms with Crippen molar-refractivity contribution in [2.75, 3.05) is 12.4 Å². The molecule has 3 heterocycles. The van der Waals surface area contributed by atoms with E-state index in [0.717, 1.165) is 56.5 Å². The maximum absolute atomic E-state index is 6.45. The topological polar surface area (TPSA) is 51.5 Å². The number of aryl methyl sites for hydroxylation is 2. The lowest BCUT2D eigenvalue weighted by molar-refractivity contribution is 0.416. The zero-order valence-corrected chi connectivity index (χ0v) is 19.4. The molecule has 0 aliphatic heterocycles. The molecule has 0 aliphatic carbocycles. The number of hydrogen-bond donors (Lipinski definition) is 1. The average Bonchev–Trinajstić information content (AvgIpc) is 3.16. The molecule has 0 unspecified atom stereocenters. The molecule has 0 bridgehead atoms. The third kappa shape index (κ3) is 3.92. The van der Waals surface area contributed by atoms with Gasteiger partial charge in [0.2, 0.25) is 0 Å². The Kier molecular flexibility index (Phi) is 5.48. The lowest BCUT2D eigenvalue weighted by Gasteiger charge is -2.13. The Balaban J connectivity index is 1.54. The molecule has 0 radical (unpaired) electrons. The van der Waals surface area contributed by atoms with E-state index in [1.54, 1.807) is 7.11 Å². The first-order chi connectivity index (χ1) is 16.0. The number of fused-ring (bicyclic) bond motifs is 1. The molecule has 0 spiro atoms. The standard InChI is InChI=1S/C27H23ClN4O/c1-17-15-19(12-13-29-17)21-11-10-20(16-25(21)33-3)30-24-9-6-14-32-18(2)26(31-27(24)32)22-7-4-5-8-23(22)28/h4-16,30H,1-3H3. The zero-order chi connectivity index (χ0) is 22.9. The van der Waals surface area contributed by atoms with Crippen LogP contribution in [0.4, 0.5) is 11.4 Å². The Labute approximate surface area is 197 Å². The van der Waals surface area contributed by atoms with Crippen LogP contribution < -0.4 is 10.1 Å². The highest BCUT2D eigenvalue weighted by Gasteiger charge is 2.16. The van der Waals surface area contributed by atoms with Crippen LogP contribution in [0.15, 0.2) is 79.1 Å². The van der Waals surface area contributed by atoms with Gasteiger partial charge in [-0.25, -0.2) is 4.98 Å². The minimum Gasteiger partial charge on any atom is -0.496 e. The smallest absolute Gasteiger partial charge is 0.161 e. The predicted octanol–water partition coefficient (Wildman–Crippen LogP) is 7.09. The average molecular weight is 455 g/mol. The normalized spacial score (nSPS) is 11.0. The SMILES string of the molecule is COc1cc(Nc2cccn3c(C)c(-c4ccccc4Cl)nc23)ccc1-c1ccnc(C)c1. The molecule has 0 saturated carbocycles. The first kappa shape index (κ1) is 21.0. The highest BCUT2D eigenvalue weighted by molar-refractivity contribution is 6.33. The molecule has 0 saturated heterocycles. The van der Waals surface area contributed by atoms with E-state index in [-0.39, 0.29) is 0 Å². The van der Waals surface area contributed by atoms with Crippen LogP contribution in [0.3, 0.4) is 0 Å². The van der Waals surface area contributed by atoms with Crippen molar-refractivity contribution in [2.45, 2.75) is 13.8 Å². The van der Waals surface area contributed by atoms with Crippen molar-refractivity contribution >= 4 is 28.6 Å². The molecule has 33 heavy (non-hydrogen) atoms. The number of hydrogen-bond acceptors (Lipinski definition) is 4. The summed E-state index contributed by atoms with van der Waals surface area (Å²) in [6.45, 7) is 4.03. The van der Waals surface area contributed by atoms with Crippen molar-refractivity contribution in [1.29, 1.82) is 0 Å². The van der Waals surface area contributed by atoms with Crippen LogP contribution >= 0.6 is 11.6 Å². The van der Waals surface area contributed by atoms with Gasteiger partial charge in [0.15, 0.2) is 5.65 Å². The second-order valence-electron chi connectivity index (χ2n) is 7.87. The van der Waals surface area contributed by atoms with Crippen molar-refractivity contribution in [1.82, 2.24) is 14.4 Å². The molecule has 5 aromatic rings. The van der Waals surface area contributed by atoms with Crippen molar-refractivity contribution in [3.63, 3.8) is 0 Å². The van der Waals surface area contributed by atoms with E-state index in [2.05, 4.69) is 33.8 Å². The fraction of sp³-hybridized carbons (Fsp3) is 0.111. The Bertz CT molecular complexity index is 1470. The lowest BCUT2D eigenvalue weighted by atomic mass is 10.0. The molecule has 0 aliphatic rings. The molecule has 164 valence electrons. The van der Waals surface area contributed by atoms with Gasteiger partial charge in [-0.2, -0.15) is 0 Å². The molecule has 0 amide bonds. The third-order valence-corrected chi connectivity index (χ3v) is 6.04. The van der Waals surface area contributed by atoms with Gasteiger partial charge < -0.3 is 14.5 Å². The largest absolute Gasteiger partial charge is 0.496 e. The van der Waals surface area contributed by atoms with E-state index in [1.165, 1.54) is 0 Å². The van der Waals surface area contributed by atoms with E-state index in [9.17, 15) is 0 Å². The molecule has 0 fully saturated rings. The van der Waals surface area contributed by atoms with E-state index in [0.29, 0.717) is 5.02 Å². The molecule has 3 aromatic heterocycles. The molecule has 5 nitrogen and oxygen atoms in total. The molecule has 5 rings (SSSR count). The highest BCUT2D eigenvalue weighted by atomic mass is 35.5. The van der Waals surface area contributed by atoms with Crippen LogP contribution in [-0.2, 0) is 0 Å². The zero-order valence-electron chi connectivity index (χ0n) is 18.6. The third-order valence-electron chi connectivity index (χ3n) is 5.71. The molecular weight excluding hydrogens is 432 g/mol. The van der Waals surface area contributed by atoms with Crippen LogP contribution in [0, 0.1) is 13.8 Å². The summed E-state index contributed by atoms with van der Waals surface area (Å²) >= 11 is 6.45. The second-order valence-corrected chi connectivity index (χ2v) is 8.27. The van der Waals surface area contributed by atoms with Gasteiger partial charge >= 0.3 is 0 Å². The van der Waals surface area contributed by atoms with Crippen LogP contribution in [0.1, 0.15) is 11.4 Å². The summed E-state index contributed by atoms with van der Waals surface area (Å²) in [5.74, 6) is 0.786. The van der Waals surface area contributed by atoms with Gasteiger partial charge in [0, 0.05) is 46.7 Å². The summed E-state index contributed by atoms with van der Waals surface area (Å²) in [4.78, 5) is 9.22. The number of imidazole rings is 1. The van der Waals surface area contributed by atoms with Crippen LogP contribution in [0.25, 0.3) is 28.0 Å². The second kappa shape index (κ2) is 8.60. The number of methoxy groups -OCH3 is 1. The van der Waals surface area contributed by atoms with Crippen LogP contribution in [-0.4, -0.2) is 21.5 Å². The van der Waals surface area contributed by atoms with E-state index < -0.39 is 0 Å². The van der Waals surface area contributed by atoms with E-state index in [1.807, 2.05) is 73.9 Å². The number of aromatic nitrogens is 3.